The first-order valence-corrected chi connectivity index (χ1v) is 10.7. The van der Waals surface area contributed by atoms with E-state index in [0.29, 0.717) is 30.5 Å². The van der Waals surface area contributed by atoms with Crippen LogP contribution in [0.4, 0.5) is 15.9 Å². The van der Waals surface area contributed by atoms with Crippen LogP contribution < -0.4 is 10.6 Å². The third-order valence-corrected chi connectivity index (χ3v) is 5.65. The Morgan fingerprint density at radius 1 is 1.17 bits per heavy atom. The number of rotatable bonds is 10. The summed E-state index contributed by atoms with van der Waals surface area (Å²) in [5, 5.41) is 7.24. The summed E-state index contributed by atoms with van der Waals surface area (Å²) in [7, 11) is 1.64. The lowest BCUT2D eigenvalue weighted by Gasteiger charge is -2.15. The molecular formula is C22H25FN4O2S. The predicted octanol–water partition coefficient (Wildman–Crippen LogP) is 4.54. The third kappa shape index (κ3) is 5.90. The number of anilines is 2. The SMILES string of the molecule is CC[C@@H](Sc1nc(Nc2ccc(F)cc2)c2ccccc2n1)C(=O)NCCCOC. The van der Waals surface area contributed by atoms with E-state index in [1.54, 1.807) is 19.2 Å². The van der Waals surface area contributed by atoms with Gasteiger partial charge in [-0.15, -0.1) is 0 Å². The third-order valence-electron chi connectivity index (χ3n) is 4.43. The quantitative estimate of drug-likeness (QED) is 0.281. The highest BCUT2D eigenvalue weighted by Crippen LogP contribution is 2.29. The monoisotopic (exact) mass is 428 g/mol. The van der Waals surface area contributed by atoms with Crippen LogP contribution in [-0.2, 0) is 9.53 Å². The van der Waals surface area contributed by atoms with E-state index in [1.165, 1.54) is 23.9 Å². The van der Waals surface area contributed by atoms with Gasteiger partial charge in [-0.05, 0) is 49.2 Å². The highest BCUT2D eigenvalue weighted by atomic mass is 32.2. The van der Waals surface area contributed by atoms with Crippen LogP contribution >= 0.6 is 11.8 Å². The summed E-state index contributed by atoms with van der Waals surface area (Å²) in [6.07, 6.45) is 1.42. The number of carbonyl (C=O) groups is 1. The summed E-state index contributed by atoms with van der Waals surface area (Å²) in [5.41, 5.74) is 1.49. The Morgan fingerprint density at radius 2 is 1.93 bits per heavy atom. The number of nitrogens with one attached hydrogen (secondary N) is 2. The van der Waals surface area contributed by atoms with Crippen LogP contribution in [-0.4, -0.2) is 41.4 Å². The molecule has 8 heteroatoms. The molecule has 0 radical (unpaired) electrons. The van der Waals surface area contributed by atoms with Crippen molar-refractivity contribution in [2.45, 2.75) is 30.2 Å². The minimum atomic E-state index is -0.299. The van der Waals surface area contributed by atoms with Gasteiger partial charge >= 0.3 is 0 Å². The van der Waals surface area contributed by atoms with Crippen molar-refractivity contribution in [1.29, 1.82) is 0 Å². The molecule has 3 aromatic rings. The summed E-state index contributed by atoms with van der Waals surface area (Å²) in [6, 6.07) is 13.7. The van der Waals surface area contributed by atoms with Crippen LogP contribution in [0.25, 0.3) is 10.9 Å². The molecular weight excluding hydrogens is 403 g/mol. The summed E-state index contributed by atoms with van der Waals surface area (Å²) < 4.78 is 18.2. The van der Waals surface area contributed by atoms with E-state index >= 15 is 0 Å². The van der Waals surface area contributed by atoms with Crippen LogP contribution in [0.3, 0.4) is 0 Å². The zero-order chi connectivity index (χ0) is 21.3. The van der Waals surface area contributed by atoms with Crippen molar-refractivity contribution in [1.82, 2.24) is 15.3 Å². The van der Waals surface area contributed by atoms with E-state index in [4.69, 9.17) is 4.74 Å². The maximum atomic E-state index is 13.2. The second-order valence-electron chi connectivity index (χ2n) is 6.66. The number of carbonyl (C=O) groups excluding carboxylic acids is 1. The van der Waals surface area contributed by atoms with E-state index in [9.17, 15) is 9.18 Å². The van der Waals surface area contributed by atoms with Gasteiger partial charge < -0.3 is 15.4 Å². The minimum Gasteiger partial charge on any atom is -0.385 e. The summed E-state index contributed by atoms with van der Waals surface area (Å²) in [6.45, 7) is 3.14. The fourth-order valence-corrected chi connectivity index (χ4v) is 3.77. The van der Waals surface area contributed by atoms with Gasteiger partial charge in [0.25, 0.3) is 0 Å². The normalized spacial score (nSPS) is 12.0. The molecule has 158 valence electrons. The first kappa shape index (κ1) is 22.0. The van der Waals surface area contributed by atoms with Gasteiger partial charge in [-0.1, -0.05) is 30.8 Å². The molecule has 6 nitrogen and oxygen atoms in total. The predicted molar refractivity (Wildman–Crippen MR) is 119 cm³/mol. The molecule has 0 aliphatic rings. The average Bonchev–Trinajstić information content (AvgIpc) is 2.76. The first-order valence-electron chi connectivity index (χ1n) is 9.83. The van der Waals surface area contributed by atoms with E-state index in [2.05, 4.69) is 20.6 Å². The van der Waals surface area contributed by atoms with Crippen molar-refractivity contribution >= 4 is 40.1 Å². The van der Waals surface area contributed by atoms with Gasteiger partial charge in [0.15, 0.2) is 5.16 Å². The Kier molecular flexibility index (Phi) is 7.98. The molecule has 0 fully saturated rings. The molecule has 3 rings (SSSR count). The van der Waals surface area contributed by atoms with Crippen molar-refractivity contribution in [3.8, 4) is 0 Å². The Hall–Kier alpha value is -2.71. The molecule has 2 N–H and O–H groups in total. The number of methoxy groups -OCH3 is 1. The van der Waals surface area contributed by atoms with Crippen molar-refractivity contribution in [3.63, 3.8) is 0 Å². The van der Waals surface area contributed by atoms with Crippen LogP contribution in [0.2, 0.25) is 0 Å². The lowest BCUT2D eigenvalue weighted by atomic mass is 10.2. The molecule has 2 aromatic carbocycles. The zero-order valence-electron chi connectivity index (χ0n) is 17.0. The molecule has 0 aliphatic carbocycles. The first-order chi connectivity index (χ1) is 14.6. The van der Waals surface area contributed by atoms with Gasteiger partial charge in [-0.25, -0.2) is 14.4 Å². The number of benzene rings is 2. The second kappa shape index (κ2) is 10.9. The van der Waals surface area contributed by atoms with Crippen LogP contribution in [0.1, 0.15) is 19.8 Å². The number of hydrogen-bond acceptors (Lipinski definition) is 6. The number of halogens is 1. The fraction of sp³-hybridized carbons (Fsp3) is 0.318. The average molecular weight is 429 g/mol. The smallest absolute Gasteiger partial charge is 0.233 e. The summed E-state index contributed by atoms with van der Waals surface area (Å²) in [5.74, 6) is 0.278. The Bertz CT molecular complexity index is 985. The van der Waals surface area contributed by atoms with Crippen LogP contribution in [0.5, 0.6) is 0 Å². The van der Waals surface area contributed by atoms with E-state index in [0.717, 1.165) is 23.0 Å². The maximum absolute atomic E-state index is 13.2. The number of ether oxygens (including phenoxy) is 1. The lowest BCUT2D eigenvalue weighted by molar-refractivity contribution is -0.120. The van der Waals surface area contributed by atoms with Crippen molar-refractivity contribution in [2.75, 3.05) is 25.6 Å². The van der Waals surface area contributed by atoms with Crippen molar-refractivity contribution < 1.29 is 13.9 Å². The molecule has 0 bridgehead atoms. The zero-order valence-corrected chi connectivity index (χ0v) is 17.8. The topological polar surface area (TPSA) is 76.1 Å². The van der Waals surface area contributed by atoms with Crippen LogP contribution in [0, 0.1) is 5.82 Å². The highest BCUT2D eigenvalue weighted by Gasteiger charge is 2.20. The standard InChI is InChI=1S/C22H25FN4O2S/c1-3-19(21(28)24-13-6-14-29-2)30-22-26-18-8-5-4-7-17(18)20(27-22)25-16-11-9-15(23)10-12-16/h4-5,7-12,19H,3,6,13-14H2,1-2H3,(H,24,28)(H,25,26,27)/t19-/m1/s1. The molecule has 0 saturated carbocycles. The number of para-hydroxylation sites is 1. The van der Waals surface area contributed by atoms with Gasteiger partial charge in [0.1, 0.15) is 11.6 Å². The van der Waals surface area contributed by atoms with Gasteiger partial charge in [-0.2, -0.15) is 0 Å². The number of hydrogen-bond donors (Lipinski definition) is 2. The number of thioether (sulfide) groups is 1. The number of nitrogens with zero attached hydrogens (tertiary/aromatic N) is 2. The van der Waals surface area contributed by atoms with Crippen molar-refractivity contribution in [3.05, 3.63) is 54.3 Å². The van der Waals surface area contributed by atoms with Gasteiger partial charge in [0, 0.05) is 31.3 Å². The molecule has 0 aliphatic heterocycles. The second-order valence-corrected chi connectivity index (χ2v) is 7.83. The van der Waals surface area contributed by atoms with Gasteiger partial charge in [-0.3, -0.25) is 4.79 Å². The number of aromatic nitrogens is 2. The van der Waals surface area contributed by atoms with Gasteiger partial charge in [0.2, 0.25) is 5.91 Å². The van der Waals surface area contributed by atoms with E-state index in [1.807, 2.05) is 31.2 Å². The largest absolute Gasteiger partial charge is 0.385 e. The van der Waals surface area contributed by atoms with Gasteiger partial charge in [0.05, 0.1) is 10.8 Å². The minimum absolute atomic E-state index is 0.0385. The molecule has 1 atom stereocenters. The molecule has 1 heterocycles. The van der Waals surface area contributed by atoms with E-state index in [-0.39, 0.29) is 17.0 Å². The molecule has 0 saturated heterocycles. The lowest BCUT2D eigenvalue weighted by Crippen LogP contribution is -2.33. The molecule has 0 unspecified atom stereocenters. The van der Waals surface area contributed by atoms with Crippen molar-refractivity contribution in [2.24, 2.45) is 0 Å². The molecule has 0 spiro atoms. The van der Waals surface area contributed by atoms with Crippen LogP contribution in [0.15, 0.2) is 53.7 Å². The maximum Gasteiger partial charge on any atom is 0.233 e. The molecule has 1 amide bonds. The van der Waals surface area contributed by atoms with E-state index < -0.39 is 0 Å². The fourth-order valence-electron chi connectivity index (χ4n) is 2.86. The number of amides is 1. The Morgan fingerprint density at radius 3 is 2.67 bits per heavy atom. The summed E-state index contributed by atoms with van der Waals surface area (Å²) in [4.78, 5) is 21.8. The molecule has 30 heavy (non-hydrogen) atoms. The Balaban J connectivity index is 1.81. The Labute approximate surface area is 179 Å². The number of fused-ring (bicyclic) bond motifs is 1. The summed E-state index contributed by atoms with van der Waals surface area (Å²) >= 11 is 1.34. The highest BCUT2D eigenvalue weighted by molar-refractivity contribution is 8.00. The molecule has 1 aromatic heterocycles.